The smallest absolute Gasteiger partial charge is 0.172 e. The number of allylic oxidation sites excluding steroid dienone is 6. The first-order valence-corrected chi connectivity index (χ1v) is 13.8. The van der Waals surface area contributed by atoms with Gasteiger partial charge in [0.05, 0.1) is 13.2 Å². The molecule has 0 atom stereocenters. The molecule has 2 heterocycles. The van der Waals surface area contributed by atoms with Crippen molar-refractivity contribution in [2.45, 2.75) is 93.5 Å². The van der Waals surface area contributed by atoms with Crippen LogP contribution >= 0.6 is 0 Å². The minimum Gasteiger partial charge on any atom is -0.380 e. The van der Waals surface area contributed by atoms with E-state index in [0.717, 1.165) is 13.2 Å². The topological polar surface area (TPSA) is 18.5 Å². The maximum absolute atomic E-state index is 5.80. The molecule has 0 N–H and O–H groups in total. The van der Waals surface area contributed by atoms with Crippen LogP contribution in [0.4, 0.5) is 0 Å². The minimum absolute atomic E-state index is 0. The van der Waals surface area contributed by atoms with Crippen LogP contribution in [0.25, 0.3) is 0 Å². The first-order chi connectivity index (χ1) is 16.3. The summed E-state index contributed by atoms with van der Waals surface area (Å²) in [4.78, 5) is 0. The van der Waals surface area contributed by atoms with E-state index in [4.69, 9.17) is 9.47 Å². The first kappa shape index (κ1) is 31.7. The zero-order valence-corrected chi connectivity index (χ0v) is 25.9. The third-order valence-electron chi connectivity index (χ3n) is 10.6. The summed E-state index contributed by atoms with van der Waals surface area (Å²) in [5.74, 6) is 0. The molecule has 0 aromatic carbocycles. The van der Waals surface area contributed by atoms with Crippen LogP contribution in [-0.4, -0.2) is 40.9 Å². The SMILES string of the molecule is COCC1=C(B2CC(C)(C)C(C)(C)C2)CCC(B2CC(C)(C)C(C)(C)C2)=C1COC.[CH]1C=CC=C1.[Co]. The van der Waals surface area contributed by atoms with Crippen molar-refractivity contribution in [3.8, 4) is 0 Å². The van der Waals surface area contributed by atoms with Gasteiger partial charge in [0.1, 0.15) is 0 Å². The first-order valence-electron chi connectivity index (χ1n) is 13.8. The largest absolute Gasteiger partial charge is 0.380 e. The van der Waals surface area contributed by atoms with E-state index in [1.54, 1.807) is 10.9 Å². The number of methoxy groups -OCH3 is 2. The molecule has 5 heteroatoms. The quantitative estimate of drug-likeness (QED) is 0.319. The van der Waals surface area contributed by atoms with Crippen molar-refractivity contribution in [3.63, 3.8) is 0 Å². The van der Waals surface area contributed by atoms with Crippen molar-refractivity contribution < 1.29 is 26.3 Å². The van der Waals surface area contributed by atoms with Crippen LogP contribution in [0, 0.1) is 28.1 Å². The van der Waals surface area contributed by atoms with E-state index < -0.39 is 0 Å². The van der Waals surface area contributed by atoms with Gasteiger partial charge in [-0.05, 0) is 45.6 Å². The molecule has 2 aliphatic carbocycles. The summed E-state index contributed by atoms with van der Waals surface area (Å²) < 4.78 is 11.6. The monoisotopic (exact) mass is 536 g/mol. The Kier molecular flexibility index (Phi) is 10.7. The summed E-state index contributed by atoms with van der Waals surface area (Å²) >= 11 is 0. The van der Waals surface area contributed by atoms with E-state index in [2.05, 4.69) is 55.4 Å². The van der Waals surface area contributed by atoms with Crippen LogP contribution in [0.5, 0.6) is 0 Å². The fourth-order valence-electron chi connectivity index (χ4n) is 7.04. The molecule has 4 aliphatic rings. The maximum atomic E-state index is 5.80. The Morgan fingerprint density at radius 3 is 1.11 bits per heavy atom. The average molecular weight is 536 g/mol. The molecule has 0 aromatic rings. The van der Waals surface area contributed by atoms with Gasteiger partial charge in [0, 0.05) is 37.4 Å². The summed E-state index contributed by atoms with van der Waals surface area (Å²) in [6.45, 7) is 22.5. The van der Waals surface area contributed by atoms with E-state index in [-0.39, 0.29) is 16.8 Å². The number of hydrogen-bond acceptors (Lipinski definition) is 2. The zero-order chi connectivity index (χ0) is 26.1. The number of ether oxygens (including phenoxy) is 2. The molecule has 2 radical (unpaired) electrons. The summed E-state index contributed by atoms with van der Waals surface area (Å²) in [7, 11) is 3.71. The molecular formula is C31H51B2CoO2. The predicted molar refractivity (Wildman–Crippen MR) is 155 cm³/mol. The summed E-state index contributed by atoms with van der Waals surface area (Å²) in [6.07, 6.45) is 17.6. The number of rotatable bonds is 6. The van der Waals surface area contributed by atoms with Gasteiger partial charge in [-0.15, -0.1) is 0 Å². The maximum Gasteiger partial charge on any atom is 0.172 e. The molecule has 0 unspecified atom stereocenters. The van der Waals surface area contributed by atoms with Gasteiger partial charge in [-0.3, -0.25) is 0 Å². The molecule has 0 saturated carbocycles. The second-order valence-corrected chi connectivity index (χ2v) is 14.1. The molecule has 0 aromatic heterocycles. The molecule has 202 valence electrons. The van der Waals surface area contributed by atoms with E-state index in [9.17, 15) is 0 Å². The van der Waals surface area contributed by atoms with Crippen LogP contribution in [0.2, 0.25) is 25.3 Å². The van der Waals surface area contributed by atoms with Gasteiger partial charge in [0.2, 0.25) is 0 Å². The van der Waals surface area contributed by atoms with Crippen molar-refractivity contribution >= 4 is 13.4 Å². The van der Waals surface area contributed by atoms with Gasteiger partial charge in [-0.25, -0.2) is 0 Å². The van der Waals surface area contributed by atoms with Gasteiger partial charge < -0.3 is 9.47 Å². The molecular weight excluding hydrogens is 485 g/mol. The second-order valence-electron chi connectivity index (χ2n) is 14.1. The normalized spacial score (nSPS) is 25.3. The molecule has 4 rings (SSSR count). The molecule has 2 aliphatic heterocycles. The van der Waals surface area contributed by atoms with Crippen LogP contribution in [0.3, 0.4) is 0 Å². The third kappa shape index (κ3) is 6.56. The number of hydrogen-bond donors (Lipinski definition) is 0. The third-order valence-corrected chi connectivity index (χ3v) is 10.6. The Labute approximate surface area is 234 Å². The Morgan fingerprint density at radius 2 is 0.889 bits per heavy atom. The van der Waals surface area contributed by atoms with Crippen molar-refractivity contribution in [3.05, 3.63) is 52.8 Å². The summed E-state index contributed by atoms with van der Waals surface area (Å²) in [6, 6.07) is 0. The van der Waals surface area contributed by atoms with E-state index in [0.29, 0.717) is 35.1 Å². The standard InChI is InChI=1S/C26H46B2O2.C5H5.Co/c1-23(2)15-27(16-24(23,3)4)21-11-12-22(20(14-30-10)19(21)13-29-9)28-17-25(5,6)26(7,8)18-28;1-2-4-5-3-1;/h11-18H2,1-10H3;1-5H;. The predicted octanol–water partition coefficient (Wildman–Crippen LogP) is 8.18. The molecule has 0 amide bonds. The average Bonchev–Trinajstić information content (AvgIpc) is 3.43. The minimum atomic E-state index is 0. The van der Waals surface area contributed by atoms with Crippen LogP contribution in [0.1, 0.15) is 68.2 Å². The van der Waals surface area contributed by atoms with E-state index in [1.165, 1.54) is 49.3 Å². The van der Waals surface area contributed by atoms with Gasteiger partial charge in [0.15, 0.2) is 13.4 Å². The van der Waals surface area contributed by atoms with Crippen molar-refractivity contribution in [2.24, 2.45) is 21.7 Å². The van der Waals surface area contributed by atoms with E-state index in [1.807, 2.05) is 44.9 Å². The van der Waals surface area contributed by atoms with Crippen LogP contribution in [-0.2, 0) is 26.3 Å². The Bertz CT molecular complexity index is 788. The van der Waals surface area contributed by atoms with Gasteiger partial charge in [-0.2, -0.15) is 0 Å². The fourth-order valence-corrected chi connectivity index (χ4v) is 7.04. The molecule has 0 bridgehead atoms. The molecule has 0 spiro atoms. The molecule has 2 nitrogen and oxygen atoms in total. The Hall–Kier alpha value is -0.484. The molecule has 2 saturated heterocycles. The van der Waals surface area contributed by atoms with Crippen molar-refractivity contribution in [1.82, 2.24) is 0 Å². The van der Waals surface area contributed by atoms with Crippen molar-refractivity contribution in [1.29, 1.82) is 0 Å². The zero-order valence-electron chi connectivity index (χ0n) is 24.8. The fraction of sp³-hybridized carbons (Fsp3) is 0.710. The Morgan fingerprint density at radius 1 is 0.583 bits per heavy atom. The van der Waals surface area contributed by atoms with Crippen molar-refractivity contribution in [2.75, 3.05) is 27.4 Å². The molecule has 36 heavy (non-hydrogen) atoms. The Balaban J connectivity index is 0.000000678. The van der Waals surface area contributed by atoms with Crippen LogP contribution < -0.4 is 0 Å². The summed E-state index contributed by atoms with van der Waals surface area (Å²) in [5, 5.41) is 0. The second kappa shape index (κ2) is 12.1. The van der Waals surface area contributed by atoms with Gasteiger partial charge in [0.25, 0.3) is 0 Å². The van der Waals surface area contributed by atoms with Crippen LogP contribution in [0.15, 0.2) is 46.4 Å². The molecule has 2 fully saturated rings. The van der Waals surface area contributed by atoms with Gasteiger partial charge >= 0.3 is 0 Å². The van der Waals surface area contributed by atoms with Gasteiger partial charge in [-0.1, -0.05) is 116 Å². The van der Waals surface area contributed by atoms with E-state index >= 15 is 0 Å². The summed E-state index contributed by atoms with van der Waals surface area (Å²) in [5.41, 5.74) is 7.87.